The molecular formula is C19H23N3O4. The second-order valence-electron chi connectivity index (χ2n) is 6.09. The number of ether oxygens (including phenoxy) is 1. The fourth-order valence-electron chi connectivity index (χ4n) is 2.60. The third-order valence-corrected chi connectivity index (χ3v) is 3.90. The van der Waals surface area contributed by atoms with Gasteiger partial charge in [-0.25, -0.2) is 0 Å². The Morgan fingerprint density at radius 2 is 1.77 bits per heavy atom. The van der Waals surface area contributed by atoms with Crippen LogP contribution in [0.3, 0.4) is 0 Å². The van der Waals surface area contributed by atoms with E-state index >= 15 is 0 Å². The second-order valence-corrected chi connectivity index (χ2v) is 6.09. The topological polar surface area (TPSA) is 75.9 Å². The van der Waals surface area contributed by atoms with Crippen molar-refractivity contribution >= 4 is 17.3 Å². The van der Waals surface area contributed by atoms with Crippen LogP contribution in [0.25, 0.3) is 0 Å². The van der Waals surface area contributed by atoms with Gasteiger partial charge in [-0.2, -0.15) is 0 Å². The molecule has 0 saturated carbocycles. The predicted octanol–water partition coefficient (Wildman–Crippen LogP) is 3.33. The first-order valence-electron chi connectivity index (χ1n) is 8.26. The molecule has 0 aliphatic carbocycles. The summed E-state index contributed by atoms with van der Waals surface area (Å²) in [4.78, 5) is 26.6. The highest BCUT2D eigenvalue weighted by Gasteiger charge is 2.20. The summed E-state index contributed by atoms with van der Waals surface area (Å²) in [5.74, 6) is 0.507. The number of anilines is 1. The van der Waals surface area contributed by atoms with Crippen LogP contribution in [0.1, 0.15) is 22.8 Å². The Hall–Kier alpha value is -3.09. The molecule has 0 aliphatic heterocycles. The number of rotatable bonds is 7. The van der Waals surface area contributed by atoms with Crippen LogP contribution in [0.15, 0.2) is 42.5 Å². The number of carbonyl (C=O) groups is 1. The molecule has 7 heteroatoms. The molecule has 2 aromatic rings. The molecule has 0 spiro atoms. The van der Waals surface area contributed by atoms with Gasteiger partial charge in [0.1, 0.15) is 11.4 Å². The molecule has 0 radical (unpaired) electrons. The lowest BCUT2D eigenvalue weighted by atomic mass is 10.1. The number of benzene rings is 2. The Morgan fingerprint density at radius 1 is 1.12 bits per heavy atom. The fourth-order valence-corrected chi connectivity index (χ4v) is 2.60. The smallest absolute Gasteiger partial charge is 0.293 e. The monoisotopic (exact) mass is 357 g/mol. The molecule has 0 bridgehead atoms. The van der Waals surface area contributed by atoms with Crippen molar-refractivity contribution in [1.82, 2.24) is 4.90 Å². The summed E-state index contributed by atoms with van der Waals surface area (Å²) in [6.45, 7) is 2.91. The summed E-state index contributed by atoms with van der Waals surface area (Å²) in [5, 5.41) is 11.3. The zero-order valence-corrected chi connectivity index (χ0v) is 15.4. The Kier molecular flexibility index (Phi) is 6.16. The molecule has 26 heavy (non-hydrogen) atoms. The number of carbonyl (C=O) groups excluding carboxylic acids is 1. The lowest BCUT2D eigenvalue weighted by molar-refractivity contribution is -0.384. The van der Waals surface area contributed by atoms with Gasteiger partial charge in [0.15, 0.2) is 0 Å². The number of hydrogen-bond donors (Lipinski definition) is 0. The van der Waals surface area contributed by atoms with Crippen molar-refractivity contribution in [2.24, 2.45) is 0 Å². The number of hydrogen-bond acceptors (Lipinski definition) is 5. The summed E-state index contributed by atoms with van der Waals surface area (Å²) >= 11 is 0. The van der Waals surface area contributed by atoms with Crippen molar-refractivity contribution in [3.8, 4) is 5.75 Å². The van der Waals surface area contributed by atoms with Gasteiger partial charge in [0.25, 0.3) is 11.6 Å². The van der Waals surface area contributed by atoms with Crippen LogP contribution in [-0.2, 0) is 6.54 Å². The Bertz CT molecular complexity index is 788. The van der Waals surface area contributed by atoms with Gasteiger partial charge in [0, 0.05) is 39.3 Å². The van der Waals surface area contributed by atoms with E-state index in [-0.39, 0.29) is 17.2 Å². The second kappa shape index (κ2) is 8.33. The third kappa shape index (κ3) is 4.50. The first kappa shape index (κ1) is 19.2. The Labute approximate surface area is 152 Å². The summed E-state index contributed by atoms with van der Waals surface area (Å²) in [6.07, 6.45) is 0. The molecule has 0 aliphatic rings. The molecule has 1 amide bonds. The molecule has 2 rings (SSSR count). The molecule has 0 N–H and O–H groups in total. The fraction of sp³-hybridized carbons (Fsp3) is 0.316. The van der Waals surface area contributed by atoms with E-state index in [1.165, 1.54) is 11.0 Å². The molecule has 138 valence electrons. The lowest BCUT2D eigenvalue weighted by Gasteiger charge is -2.19. The maximum absolute atomic E-state index is 12.6. The van der Waals surface area contributed by atoms with Gasteiger partial charge in [0.05, 0.1) is 11.5 Å². The average molecular weight is 357 g/mol. The van der Waals surface area contributed by atoms with Gasteiger partial charge in [0.2, 0.25) is 0 Å². The zero-order chi connectivity index (χ0) is 19.3. The third-order valence-electron chi connectivity index (χ3n) is 3.90. The van der Waals surface area contributed by atoms with E-state index in [9.17, 15) is 14.9 Å². The van der Waals surface area contributed by atoms with Gasteiger partial charge >= 0.3 is 0 Å². The van der Waals surface area contributed by atoms with Gasteiger partial charge in [-0.1, -0.05) is 12.1 Å². The minimum absolute atomic E-state index is 0.0877. The predicted molar refractivity (Wildman–Crippen MR) is 101 cm³/mol. The van der Waals surface area contributed by atoms with Gasteiger partial charge in [-0.05, 0) is 36.8 Å². The van der Waals surface area contributed by atoms with Gasteiger partial charge < -0.3 is 14.5 Å². The number of nitrogens with zero attached hydrogens (tertiary/aromatic N) is 3. The Balaban J connectivity index is 2.17. The number of nitro groups is 1. The summed E-state index contributed by atoms with van der Waals surface area (Å²) in [5.41, 5.74) is 1.61. The maximum Gasteiger partial charge on any atom is 0.293 e. The van der Waals surface area contributed by atoms with E-state index in [1.54, 1.807) is 38.2 Å². The minimum Gasteiger partial charge on any atom is -0.494 e. The van der Waals surface area contributed by atoms with Crippen LogP contribution in [0, 0.1) is 10.1 Å². The molecule has 2 aromatic carbocycles. The highest BCUT2D eigenvalue weighted by Crippen LogP contribution is 2.28. The van der Waals surface area contributed by atoms with Crippen molar-refractivity contribution < 1.29 is 14.5 Å². The summed E-state index contributed by atoms with van der Waals surface area (Å²) in [6, 6.07) is 12.0. The van der Waals surface area contributed by atoms with E-state index in [2.05, 4.69) is 0 Å². The van der Waals surface area contributed by atoms with Crippen LogP contribution in [0.2, 0.25) is 0 Å². The summed E-state index contributed by atoms with van der Waals surface area (Å²) < 4.78 is 5.40. The minimum atomic E-state index is -0.474. The first-order chi connectivity index (χ1) is 12.3. The molecule has 0 aromatic heterocycles. The van der Waals surface area contributed by atoms with E-state index < -0.39 is 4.92 Å². The highest BCUT2D eigenvalue weighted by molar-refractivity contribution is 5.95. The quantitative estimate of drug-likeness (QED) is 0.561. The lowest BCUT2D eigenvalue weighted by Crippen LogP contribution is -2.26. The SMILES string of the molecule is CCOc1ccc(CN(C)C(=O)c2ccc(N(C)C)c([N+](=O)[O-])c2)cc1. The molecule has 7 nitrogen and oxygen atoms in total. The number of amides is 1. The Morgan fingerprint density at radius 3 is 2.31 bits per heavy atom. The molecule has 0 heterocycles. The molecule has 0 atom stereocenters. The van der Waals surface area contributed by atoms with Crippen molar-refractivity contribution in [2.75, 3.05) is 32.6 Å². The molecule has 0 fully saturated rings. The highest BCUT2D eigenvalue weighted by atomic mass is 16.6. The van der Waals surface area contributed by atoms with Crippen molar-refractivity contribution in [3.63, 3.8) is 0 Å². The average Bonchev–Trinajstić information content (AvgIpc) is 2.62. The molecular weight excluding hydrogens is 334 g/mol. The van der Waals surface area contributed by atoms with Crippen LogP contribution in [0.5, 0.6) is 5.75 Å². The van der Waals surface area contributed by atoms with Crippen molar-refractivity contribution in [2.45, 2.75) is 13.5 Å². The number of nitro benzene ring substituents is 1. The van der Waals surface area contributed by atoms with E-state index in [0.29, 0.717) is 18.8 Å². The van der Waals surface area contributed by atoms with Crippen LogP contribution in [-0.4, -0.2) is 43.5 Å². The van der Waals surface area contributed by atoms with E-state index in [4.69, 9.17) is 4.74 Å². The molecule has 0 unspecified atom stereocenters. The van der Waals surface area contributed by atoms with Crippen LogP contribution in [0.4, 0.5) is 11.4 Å². The van der Waals surface area contributed by atoms with Gasteiger partial charge in [-0.15, -0.1) is 0 Å². The van der Waals surface area contributed by atoms with E-state index in [1.807, 2.05) is 31.2 Å². The van der Waals surface area contributed by atoms with Gasteiger partial charge in [-0.3, -0.25) is 14.9 Å². The normalized spacial score (nSPS) is 10.3. The summed E-state index contributed by atoms with van der Waals surface area (Å²) in [7, 11) is 5.12. The van der Waals surface area contributed by atoms with Crippen molar-refractivity contribution in [3.05, 3.63) is 63.7 Å². The van der Waals surface area contributed by atoms with Crippen LogP contribution < -0.4 is 9.64 Å². The maximum atomic E-state index is 12.6. The largest absolute Gasteiger partial charge is 0.494 e. The van der Waals surface area contributed by atoms with Crippen LogP contribution >= 0.6 is 0 Å². The standard InChI is InChI=1S/C19H23N3O4/c1-5-26-16-9-6-14(7-10-16)13-21(4)19(23)15-8-11-17(20(2)3)18(12-15)22(24)25/h6-12H,5,13H2,1-4H3. The molecule has 0 saturated heterocycles. The van der Waals surface area contributed by atoms with Crippen molar-refractivity contribution in [1.29, 1.82) is 0 Å². The zero-order valence-electron chi connectivity index (χ0n) is 15.4. The van der Waals surface area contributed by atoms with E-state index in [0.717, 1.165) is 11.3 Å². The first-order valence-corrected chi connectivity index (χ1v) is 8.26.